The average Bonchev–Trinajstić information content (AvgIpc) is 2.48. The van der Waals surface area contributed by atoms with Gasteiger partial charge < -0.3 is 10.4 Å². The molecule has 4 nitrogen and oxygen atoms in total. The van der Waals surface area contributed by atoms with Crippen molar-refractivity contribution in [3.05, 3.63) is 59.4 Å². The minimum absolute atomic E-state index is 0.361. The predicted octanol–water partition coefficient (Wildman–Crippen LogP) is 3.27. The van der Waals surface area contributed by atoms with Crippen LogP contribution in [0, 0.1) is 12.8 Å². The van der Waals surface area contributed by atoms with E-state index in [-0.39, 0.29) is 5.92 Å². The van der Waals surface area contributed by atoms with E-state index < -0.39 is 5.97 Å². The molecule has 0 saturated heterocycles. The summed E-state index contributed by atoms with van der Waals surface area (Å²) >= 11 is 0. The lowest BCUT2D eigenvalue weighted by Crippen LogP contribution is -2.12. The summed E-state index contributed by atoms with van der Waals surface area (Å²) in [5.41, 5.74) is 4.17. The average molecular weight is 284 g/mol. The van der Waals surface area contributed by atoms with Crippen LogP contribution in [0.4, 0.5) is 5.69 Å². The predicted molar refractivity (Wildman–Crippen MR) is 83.2 cm³/mol. The third-order valence-electron chi connectivity index (χ3n) is 3.36. The first-order valence-corrected chi connectivity index (χ1v) is 7.02. The summed E-state index contributed by atoms with van der Waals surface area (Å²) in [5.74, 6) is -1.12. The second-order valence-corrected chi connectivity index (χ2v) is 5.32. The lowest BCUT2D eigenvalue weighted by atomic mass is 10.0. The molecule has 1 heterocycles. The Kier molecular flexibility index (Phi) is 4.93. The minimum Gasteiger partial charge on any atom is -0.481 e. The van der Waals surface area contributed by atoms with E-state index in [1.54, 1.807) is 6.92 Å². The second-order valence-electron chi connectivity index (χ2n) is 5.32. The van der Waals surface area contributed by atoms with Crippen molar-refractivity contribution in [1.29, 1.82) is 0 Å². The van der Waals surface area contributed by atoms with Crippen molar-refractivity contribution >= 4 is 11.7 Å². The third kappa shape index (κ3) is 4.60. The van der Waals surface area contributed by atoms with Crippen LogP contribution in [-0.2, 0) is 17.8 Å². The monoisotopic (exact) mass is 284 g/mol. The van der Waals surface area contributed by atoms with E-state index in [2.05, 4.69) is 10.3 Å². The SMILES string of the molecule is Cc1ccc(CNc2ccc(CC(C)C(=O)O)cc2)nc1. The van der Waals surface area contributed by atoms with Crippen LogP contribution in [0.1, 0.15) is 23.7 Å². The molecule has 0 bridgehead atoms. The van der Waals surface area contributed by atoms with Crippen LogP contribution >= 0.6 is 0 Å². The van der Waals surface area contributed by atoms with Crippen LogP contribution in [0.15, 0.2) is 42.6 Å². The molecule has 21 heavy (non-hydrogen) atoms. The highest BCUT2D eigenvalue weighted by molar-refractivity contribution is 5.69. The number of nitrogens with zero attached hydrogens (tertiary/aromatic N) is 1. The Morgan fingerprint density at radius 1 is 1.24 bits per heavy atom. The number of aliphatic carboxylic acids is 1. The largest absolute Gasteiger partial charge is 0.481 e. The van der Waals surface area contributed by atoms with Gasteiger partial charge in [-0.15, -0.1) is 0 Å². The second kappa shape index (κ2) is 6.88. The number of hydrogen-bond acceptors (Lipinski definition) is 3. The van der Waals surface area contributed by atoms with E-state index >= 15 is 0 Å². The van der Waals surface area contributed by atoms with Crippen molar-refractivity contribution in [3.8, 4) is 0 Å². The lowest BCUT2D eigenvalue weighted by Gasteiger charge is -2.09. The van der Waals surface area contributed by atoms with E-state index in [0.717, 1.165) is 22.5 Å². The number of pyridine rings is 1. The van der Waals surface area contributed by atoms with E-state index in [1.807, 2.05) is 49.5 Å². The lowest BCUT2D eigenvalue weighted by molar-refractivity contribution is -0.141. The highest BCUT2D eigenvalue weighted by Crippen LogP contribution is 2.14. The van der Waals surface area contributed by atoms with Gasteiger partial charge in [0, 0.05) is 11.9 Å². The van der Waals surface area contributed by atoms with Crippen LogP contribution in [0.5, 0.6) is 0 Å². The first kappa shape index (κ1) is 15.0. The Labute approximate surface area is 124 Å². The van der Waals surface area contributed by atoms with Crippen LogP contribution in [0.25, 0.3) is 0 Å². The quantitative estimate of drug-likeness (QED) is 0.854. The summed E-state index contributed by atoms with van der Waals surface area (Å²) in [6.45, 7) is 4.41. The smallest absolute Gasteiger partial charge is 0.306 e. The van der Waals surface area contributed by atoms with Gasteiger partial charge in [-0.3, -0.25) is 9.78 Å². The Morgan fingerprint density at radius 3 is 2.52 bits per heavy atom. The summed E-state index contributed by atoms with van der Waals surface area (Å²) < 4.78 is 0. The number of nitrogens with one attached hydrogen (secondary N) is 1. The zero-order valence-electron chi connectivity index (χ0n) is 12.3. The minimum atomic E-state index is -0.761. The molecule has 0 fully saturated rings. The van der Waals surface area contributed by atoms with Gasteiger partial charge in [0.15, 0.2) is 0 Å². The van der Waals surface area contributed by atoms with Crippen molar-refractivity contribution in [2.45, 2.75) is 26.8 Å². The molecule has 1 aromatic heterocycles. The van der Waals surface area contributed by atoms with Crippen LogP contribution < -0.4 is 5.32 Å². The zero-order chi connectivity index (χ0) is 15.2. The number of rotatable bonds is 6. The summed E-state index contributed by atoms with van der Waals surface area (Å²) in [7, 11) is 0. The molecule has 4 heteroatoms. The van der Waals surface area contributed by atoms with Gasteiger partial charge in [0.2, 0.25) is 0 Å². The van der Waals surface area contributed by atoms with Gasteiger partial charge in [0.05, 0.1) is 18.2 Å². The number of aryl methyl sites for hydroxylation is 1. The molecule has 0 spiro atoms. The maximum Gasteiger partial charge on any atom is 0.306 e. The van der Waals surface area contributed by atoms with Gasteiger partial charge >= 0.3 is 5.97 Å². The first-order valence-electron chi connectivity index (χ1n) is 7.02. The van der Waals surface area contributed by atoms with Crippen LogP contribution in [0.3, 0.4) is 0 Å². The van der Waals surface area contributed by atoms with Gasteiger partial charge in [-0.05, 0) is 42.7 Å². The zero-order valence-corrected chi connectivity index (χ0v) is 12.3. The van der Waals surface area contributed by atoms with Crippen molar-refractivity contribution in [2.75, 3.05) is 5.32 Å². The molecule has 0 aliphatic rings. The molecular weight excluding hydrogens is 264 g/mol. The molecule has 1 atom stereocenters. The number of benzene rings is 1. The van der Waals surface area contributed by atoms with Crippen molar-refractivity contribution < 1.29 is 9.90 Å². The van der Waals surface area contributed by atoms with Gasteiger partial charge in [0.25, 0.3) is 0 Å². The molecular formula is C17H20N2O2. The standard InChI is InChI=1S/C17H20N2O2/c1-12-3-6-16(18-10-12)11-19-15-7-4-14(5-8-15)9-13(2)17(20)21/h3-8,10,13,19H,9,11H2,1-2H3,(H,20,21). The molecule has 2 N–H and O–H groups in total. The number of carboxylic acids is 1. The van der Waals surface area contributed by atoms with Crippen LogP contribution in [-0.4, -0.2) is 16.1 Å². The van der Waals surface area contributed by atoms with Gasteiger partial charge in [0.1, 0.15) is 0 Å². The maximum atomic E-state index is 10.8. The highest BCUT2D eigenvalue weighted by atomic mass is 16.4. The van der Waals surface area contributed by atoms with Gasteiger partial charge in [-0.2, -0.15) is 0 Å². The number of aromatic nitrogens is 1. The van der Waals surface area contributed by atoms with Gasteiger partial charge in [-0.25, -0.2) is 0 Å². The molecule has 1 unspecified atom stereocenters. The molecule has 0 radical (unpaired) electrons. The van der Waals surface area contributed by atoms with Crippen molar-refractivity contribution in [3.63, 3.8) is 0 Å². The van der Waals surface area contributed by atoms with E-state index in [1.165, 1.54) is 0 Å². The van der Waals surface area contributed by atoms with E-state index in [0.29, 0.717) is 13.0 Å². The Morgan fingerprint density at radius 2 is 1.95 bits per heavy atom. The first-order chi connectivity index (χ1) is 10.0. The molecule has 2 aromatic rings. The van der Waals surface area contributed by atoms with Gasteiger partial charge in [-0.1, -0.05) is 25.1 Å². The Hall–Kier alpha value is -2.36. The normalized spacial score (nSPS) is 11.9. The number of carboxylic acid groups (broad SMARTS) is 1. The molecule has 110 valence electrons. The number of carbonyl (C=O) groups is 1. The summed E-state index contributed by atoms with van der Waals surface area (Å²) in [4.78, 5) is 15.2. The fourth-order valence-corrected chi connectivity index (χ4v) is 2.00. The molecule has 0 aliphatic heterocycles. The fraction of sp³-hybridized carbons (Fsp3) is 0.294. The maximum absolute atomic E-state index is 10.8. The summed E-state index contributed by atoms with van der Waals surface area (Å²) in [6.07, 6.45) is 2.41. The fourth-order valence-electron chi connectivity index (χ4n) is 2.00. The van der Waals surface area contributed by atoms with E-state index in [4.69, 9.17) is 5.11 Å². The Balaban J connectivity index is 1.90. The molecule has 0 saturated carbocycles. The molecule has 2 rings (SSSR count). The van der Waals surface area contributed by atoms with Crippen molar-refractivity contribution in [2.24, 2.45) is 5.92 Å². The summed E-state index contributed by atoms with van der Waals surface area (Å²) in [5, 5.41) is 12.2. The van der Waals surface area contributed by atoms with Crippen molar-refractivity contribution in [1.82, 2.24) is 4.98 Å². The van der Waals surface area contributed by atoms with E-state index in [9.17, 15) is 4.79 Å². The third-order valence-corrected chi connectivity index (χ3v) is 3.36. The summed E-state index contributed by atoms with van der Waals surface area (Å²) in [6, 6.07) is 11.9. The number of hydrogen-bond donors (Lipinski definition) is 2. The Bertz CT molecular complexity index is 591. The van der Waals surface area contributed by atoms with Crippen LogP contribution in [0.2, 0.25) is 0 Å². The number of anilines is 1. The molecule has 1 aromatic carbocycles. The molecule has 0 amide bonds. The molecule has 0 aliphatic carbocycles. The topological polar surface area (TPSA) is 62.2 Å². The highest BCUT2D eigenvalue weighted by Gasteiger charge is 2.11.